The van der Waals surface area contributed by atoms with Crippen molar-refractivity contribution in [3.8, 4) is 5.75 Å². The summed E-state index contributed by atoms with van der Waals surface area (Å²) in [5, 5.41) is 17.0. The van der Waals surface area contributed by atoms with E-state index in [0.29, 0.717) is 31.2 Å². The largest absolute Gasteiger partial charge is 0.497 e. The van der Waals surface area contributed by atoms with Crippen molar-refractivity contribution in [2.45, 2.75) is 19.4 Å². The highest BCUT2D eigenvalue weighted by atomic mass is 16.5. The number of hydrogen-bond donors (Lipinski definition) is 2. The van der Waals surface area contributed by atoms with E-state index in [0.717, 1.165) is 11.3 Å². The highest BCUT2D eigenvalue weighted by Gasteiger charge is 2.08. The zero-order chi connectivity index (χ0) is 14.4. The van der Waals surface area contributed by atoms with Gasteiger partial charge in [-0.15, -0.1) is 0 Å². The zero-order valence-electron chi connectivity index (χ0n) is 11.7. The van der Waals surface area contributed by atoms with E-state index in [9.17, 15) is 5.11 Å². The lowest BCUT2D eigenvalue weighted by atomic mass is 10.1. The number of methoxy groups -OCH3 is 1. The van der Waals surface area contributed by atoms with Gasteiger partial charge in [0.05, 0.1) is 13.2 Å². The Morgan fingerprint density at radius 2 is 2.30 bits per heavy atom. The van der Waals surface area contributed by atoms with Crippen LogP contribution in [0, 0.1) is 6.92 Å². The van der Waals surface area contributed by atoms with Gasteiger partial charge in [0.2, 0.25) is 5.89 Å². The van der Waals surface area contributed by atoms with E-state index in [2.05, 4.69) is 15.5 Å². The SMILES string of the molecule is COc1cccc(C(O)CNCCc2nc(C)no2)c1. The Hall–Kier alpha value is -1.92. The molecule has 1 aromatic heterocycles. The topological polar surface area (TPSA) is 80.4 Å². The van der Waals surface area contributed by atoms with E-state index in [4.69, 9.17) is 9.26 Å². The molecule has 108 valence electrons. The first-order chi connectivity index (χ1) is 9.69. The van der Waals surface area contributed by atoms with Crippen molar-refractivity contribution < 1.29 is 14.4 Å². The predicted molar refractivity (Wildman–Crippen MR) is 73.6 cm³/mol. The Balaban J connectivity index is 1.75. The van der Waals surface area contributed by atoms with Crippen LogP contribution in [-0.2, 0) is 6.42 Å². The summed E-state index contributed by atoms with van der Waals surface area (Å²) in [6, 6.07) is 7.41. The molecule has 6 heteroatoms. The van der Waals surface area contributed by atoms with Crippen LogP contribution in [0.15, 0.2) is 28.8 Å². The van der Waals surface area contributed by atoms with E-state index in [1.165, 1.54) is 0 Å². The normalized spacial score (nSPS) is 12.3. The molecule has 1 atom stereocenters. The monoisotopic (exact) mass is 277 g/mol. The molecule has 1 heterocycles. The molecule has 0 spiro atoms. The molecule has 2 aromatic rings. The van der Waals surface area contributed by atoms with Gasteiger partial charge in [0.1, 0.15) is 5.75 Å². The fraction of sp³-hybridized carbons (Fsp3) is 0.429. The summed E-state index contributed by atoms with van der Waals surface area (Å²) in [7, 11) is 1.61. The van der Waals surface area contributed by atoms with Crippen LogP contribution in [0.25, 0.3) is 0 Å². The maximum Gasteiger partial charge on any atom is 0.227 e. The van der Waals surface area contributed by atoms with Gasteiger partial charge in [0, 0.05) is 19.5 Å². The van der Waals surface area contributed by atoms with Gasteiger partial charge in [-0.05, 0) is 24.6 Å². The lowest BCUT2D eigenvalue weighted by Gasteiger charge is -2.12. The van der Waals surface area contributed by atoms with E-state index >= 15 is 0 Å². The summed E-state index contributed by atoms with van der Waals surface area (Å²) < 4.78 is 10.1. The van der Waals surface area contributed by atoms with Crippen molar-refractivity contribution in [1.29, 1.82) is 0 Å². The summed E-state index contributed by atoms with van der Waals surface area (Å²) in [4.78, 5) is 4.11. The Labute approximate surface area is 117 Å². The van der Waals surface area contributed by atoms with Crippen molar-refractivity contribution >= 4 is 0 Å². The van der Waals surface area contributed by atoms with Crippen LogP contribution in [0.1, 0.15) is 23.4 Å². The van der Waals surface area contributed by atoms with Crippen molar-refractivity contribution in [3.05, 3.63) is 41.5 Å². The highest BCUT2D eigenvalue weighted by molar-refractivity contribution is 5.29. The number of nitrogens with zero attached hydrogens (tertiary/aromatic N) is 2. The summed E-state index contributed by atoms with van der Waals surface area (Å²) >= 11 is 0. The number of aliphatic hydroxyl groups is 1. The molecule has 0 radical (unpaired) electrons. The van der Waals surface area contributed by atoms with Crippen molar-refractivity contribution in [1.82, 2.24) is 15.5 Å². The molecule has 6 nitrogen and oxygen atoms in total. The Morgan fingerprint density at radius 1 is 1.45 bits per heavy atom. The summed E-state index contributed by atoms with van der Waals surface area (Å²) in [5.41, 5.74) is 0.825. The van der Waals surface area contributed by atoms with Gasteiger partial charge < -0.3 is 19.7 Å². The molecular weight excluding hydrogens is 258 g/mol. The van der Waals surface area contributed by atoms with Gasteiger partial charge in [-0.25, -0.2) is 0 Å². The third kappa shape index (κ3) is 4.04. The quantitative estimate of drug-likeness (QED) is 0.741. The summed E-state index contributed by atoms with van der Waals surface area (Å²) in [5.74, 6) is 1.98. The highest BCUT2D eigenvalue weighted by Crippen LogP contribution is 2.18. The van der Waals surface area contributed by atoms with Crippen molar-refractivity contribution in [3.63, 3.8) is 0 Å². The first-order valence-corrected chi connectivity index (χ1v) is 6.51. The van der Waals surface area contributed by atoms with Crippen LogP contribution in [-0.4, -0.2) is 35.4 Å². The minimum atomic E-state index is -0.575. The number of benzene rings is 1. The van der Waals surface area contributed by atoms with Gasteiger partial charge >= 0.3 is 0 Å². The Morgan fingerprint density at radius 3 is 3.00 bits per heavy atom. The lowest BCUT2D eigenvalue weighted by Crippen LogP contribution is -2.23. The molecule has 0 aliphatic heterocycles. The maximum absolute atomic E-state index is 10.1. The average molecular weight is 277 g/mol. The first kappa shape index (κ1) is 14.5. The van der Waals surface area contributed by atoms with Crippen LogP contribution in [0.5, 0.6) is 5.75 Å². The van der Waals surface area contributed by atoms with Crippen molar-refractivity contribution in [2.24, 2.45) is 0 Å². The van der Waals surface area contributed by atoms with Crippen LogP contribution < -0.4 is 10.1 Å². The van der Waals surface area contributed by atoms with Crippen LogP contribution in [0.2, 0.25) is 0 Å². The third-order valence-electron chi connectivity index (χ3n) is 2.90. The smallest absolute Gasteiger partial charge is 0.227 e. The molecule has 0 aliphatic rings. The number of rotatable bonds is 7. The minimum Gasteiger partial charge on any atom is -0.497 e. The molecule has 1 unspecified atom stereocenters. The zero-order valence-corrected chi connectivity index (χ0v) is 11.7. The molecular formula is C14H19N3O3. The van der Waals surface area contributed by atoms with Gasteiger partial charge in [-0.3, -0.25) is 0 Å². The van der Waals surface area contributed by atoms with Crippen LogP contribution in [0.3, 0.4) is 0 Å². The predicted octanol–water partition coefficient (Wildman–Crippen LogP) is 1.25. The van der Waals surface area contributed by atoms with Crippen LogP contribution in [0.4, 0.5) is 0 Å². The molecule has 0 aliphatic carbocycles. The number of aromatic nitrogens is 2. The summed E-state index contributed by atoms with van der Waals surface area (Å²) in [6.45, 7) is 2.91. The fourth-order valence-electron chi connectivity index (χ4n) is 1.84. The molecule has 0 fully saturated rings. The van der Waals surface area contributed by atoms with Gasteiger partial charge in [0.25, 0.3) is 0 Å². The second-order valence-corrected chi connectivity index (χ2v) is 4.48. The van der Waals surface area contributed by atoms with Crippen molar-refractivity contribution in [2.75, 3.05) is 20.2 Å². The molecule has 2 rings (SSSR count). The average Bonchev–Trinajstić information content (AvgIpc) is 2.89. The molecule has 2 N–H and O–H groups in total. The molecule has 0 saturated heterocycles. The third-order valence-corrected chi connectivity index (χ3v) is 2.90. The standard InChI is InChI=1S/C14H19N3O3/c1-10-16-14(20-17-10)6-7-15-9-13(18)11-4-3-5-12(8-11)19-2/h3-5,8,13,15,18H,6-7,9H2,1-2H3. The van der Waals surface area contributed by atoms with E-state index in [-0.39, 0.29) is 0 Å². The summed E-state index contributed by atoms with van der Waals surface area (Å²) in [6.07, 6.45) is 0.0700. The Bertz CT molecular complexity index is 542. The molecule has 1 aromatic carbocycles. The Kier molecular flexibility index (Phi) is 5.09. The van der Waals surface area contributed by atoms with Gasteiger partial charge in [0.15, 0.2) is 5.82 Å². The fourth-order valence-corrected chi connectivity index (χ4v) is 1.84. The maximum atomic E-state index is 10.1. The number of hydrogen-bond acceptors (Lipinski definition) is 6. The van der Waals surface area contributed by atoms with Crippen LogP contribution >= 0.6 is 0 Å². The number of nitrogens with one attached hydrogen (secondary N) is 1. The minimum absolute atomic E-state index is 0.459. The van der Waals surface area contributed by atoms with Gasteiger partial charge in [-0.1, -0.05) is 17.3 Å². The molecule has 0 saturated carbocycles. The molecule has 0 bridgehead atoms. The molecule has 0 amide bonds. The number of ether oxygens (including phenoxy) is 1. The first-order valence-electron chi connectivity index (χ1n) is 6.51. The van der Waals surface area contributed by atoms with E-state index in [1.807, 2.05) is 24.3 Å². The number of aryl methyl sites for hydroxylation is 1. The molecule has 20 heavy (non-hydrogen) atoms. The second-order valence-electron chi connectivity index (χ2n) is 4.48. The van der Waals surface area contributed by atoms with E-state index in [1.54, 1.807) is 14.0 Å². The second kappa shape index (κ2) is 7.02. The van der Waals surface area contributed by atoms with E-state index < -0.39 is 6.10 Å². The van der Waals surface area contributed by atoms with Gasteiger partial charge in [-0.2, -0.15) is 4.98 Å². The number of aliphatic hydroxyl groups excluding tert-OH is 1. The lowest BCUT2D eigenvalue weighted by molar-refractivity contribution is 0.174.